The lowest BCUT2D eigenvalue weighted by molar-refractivity contribution is -0.155. The second-order valence-electron chi connectivity index (χ2n) is 4.18. The fourth-order valence-corrected chi connectivity index (χ4v) is 2.06. The van der Waals surface area contributed by atoms with E-state index in [1.807, 2.05) is 0 Å². The Morgan fingerprint density at radius 2 is 2.24 bits per heavy atom. The molecule has 0 aromatic rings. The summed E-state index contributed by atoms with van der Waals surface area (Å²) < 4.78 is 5.10. The molecule has 2 N–H and O–H groups in total. The number of carboxylic acid groups (broad SMARTS) is 1. The minimum absolute atomic E-state index is 0.0342. The van der Waals surface area contributed by atoms with Crippen molar-refractivity contribution in [1.82, 2.24) is 10.2 Å². The van der Waals surface area contributed by atoms with Gasteiger partial charge in [0.15, 0.2) is 0 Å². The zero-order valence-corrected chi connectivity index (χ0v) is 9.22. The first-order valence-corrected chi connectivity index (χ1v) is 5.47. The van der Waals surface area contributed by atoms with E-state index in [9.17, 15) is 14.4 Å². The molecule has 2 amide bonds. The Hall–Kier alpha value is -1.63. The predicted octanol–water partition coefficient (Wildman–Crippen LogP) is -1.57. The third-order valence-electron chi connectivity index (χ3n) is 3.03. The third kappa shape index (κ3) is 2.38. The Kier molecular flexibility index (Phi) is 3.28. The molecule has 7 nitrogen and oxygen atoms in total. The van der Waals surface area contributed by atoms with Crippen LogP contribution in [0.1, 0.15) is 6.42 Å². The van der Waals surface area contributed by atoms with E-state index >= 15 is 0 Å². The minimum Gasteiger partial charge on any atom is -0.480 e. The molecule has 2 fully saturated rings. The van der Waals surface area contributed by atoms with Crippen LogP contribution in [0.4, 0.5) is 0 Å². The number of ether oxygens (including phenoxy) is 1. The van der Waals surface area contributed by atoms with Crippen LogP contribution in [0.15, 0.2) is 0 Å². The van der Waals surface area contributed by atoms with E-state index in [1.165, 1.54) is 0 Å². The fourth-order valence-electron chi connectivity index (χ4n) is 2.06. The number of hydrogen-bond donors (Lipinski definition) is 2. The Morgan fingerprint density at radius 1 is 1.47 bits per heavy atom. The van der Waals surface area contributed by atoms with Crippen LogP contribution in [-0.4, -0.2) is 60.1 Å². The van der Waals surface area contributed by atoms with Crippen LogP contribution < -0.4 is 5.32 Å². The summed E-state index contributed by atoms with van der Waals surface area (Å²) in [5, 5.41) is 11.5. The summed E-state index contributed by atoms with van der Waals surface area (Å²) in [5.74, 6) is -2.04. The van der Waals surface area contributed by atoms with Crippen molar-refractivity contribution in [2.75, 3.05) is 26.3 Å². The largest absolute Gasteiger partial charge is 0.480 e. The minimum atomic E-state index is -1.10. The van der Waals surface area contributed by atoms with E-state index in [2.05, 4.69) is 5.32 Å². The molecule has 0 spiro atoms. The molecule has 0 bridgehead atoms. The first kappa shape index (κ1) is 11.8. The highest BCUT2D eigenvalue weighted by atomic mass is 16.5. The highest BCUT2D eigenvalue weighted by Gasteiger charge is 2.38. The van der Waals surface area contributed by atoms with Crippen LogP contribution in [0.5, 0.6) is 0 Å². The molecule has 2 heterocycles. The molecule has 0 aliphatic carbocycles. The van der Waals surface area contributed by atoms with Crippen molar-refractivity contribution in [2.24, 2.45) is 5.92 Å². The third-order valence-corrected chi connectivity index (χ3v) is 3.03. The molecule has 2 aliphatic heterocycles. The zero-order chi connectivity index (χ0) is 12.4. The molecule has 0 saturated carbocycles. The van der Waals surface area contributed by atoms with Gasteiger partial charge in [-0.1, -0.05) is 0 Å². The van der Waals surface area contributed by atoms with E-state index < -0.39 is 12.0 Å². The number of carbonyl (C=O) groups excluding carboxylic acids is 2. The van der Waals surface area contributed by atoms with Crippen molar-refractivity contribution in [1.29, 1.82) is 0 Å². The van der Waals surface area contributed by atoms with E-state index in [4.69, 9.17) is 9.84 Å². The first-order valence-electron chi connectivity index (χ1n) is 5.47. The lowest BCUT2D eigenvalue weighted by Crippen LogP contribution is -2.60. The number of carboxylic acids is 1. The summed E-state index contributed by atoms with van der Waals surface area (Å²) in [4.78, 5) is 35.4. The molecule has 2 saturated heterocycles. The number of nitrogens with one attached hydrogen (secondary N) is 1. The monoisotopic (exact) mass is 242 g/mol. The van der Waals surface area contributed by atoms with E-state index in [0.29, 0.717) is 19.6 Å². The van der Waals surface area contributed by atoms with Gasteiger partial charge in [0.1, 0.15) is 12.6 Å². The number of amides is 2. The molecule has 2 aliphatic rings. The Labute approximate surface area is 97.7 Å². The molecule has 0 aromatic heterocycles. The van der Waals surface area contributed by atoms with Gasteiger partial charge in [-0.05, 0) is 6.42 Å². The second-order valence-corrected chi connectivity index (χ2v) is 4.18. The smallest absolute Gasteiger partial charge is 0.328 e. The Balaban J connectivity index is 2.10. The van der Waals surface area contributed by atoms with Crippen molar-refractivity contribution >= 4 is 17.8 Å². The van der Waals surface area contributed by atoms with Gasteiger partial charge in [0.2, 0.25) is 11.8 Å². The molecular weight excluding hydrogens is 228 g/mol. The van der Waals surface area contributed by atoms with Crippen LogP contribution in [0.3, 0.4) is 0 Å². The van der Waals surface area contributed by atoms with Gasteiger partial charge in [0.05, 0.1) is 12.5 Å². The average Bonchev–Trinajstić information content (AvgIpc) is 2.80. The predicted molar refractivity (Wildman–Crippen MR) is 55.1 cm³/mol. The molecule has 17 heavy (non-hydrogen) atoms. The van der Waals surface area contributed by atoms with Crippen molar-refractivity contribution in [3.8, 4) is 0 Å². The Bertz CT molecular complexity index is 351. The van der Waals surface area contributed by atoms with Crippen molar-refractivity contribution < 1.29 is 24.2 Å². The number of rotatable bonds is 2. The fraction of sp³-hybridized carbons (Fsp3) is 0.700. The maximum atomic E-state index is 12.1. The normalized spacial score (nSPS) is 28.9. The molecular formula is C10H14N2O5. The molecule has 0 radical (unpaired) electrons. The lowest BCUT2D eigenvalue weighted by Gasteiger charge is -2.34. The number of nitrogens with zero attached hydrogens (tertiary/aromatic N) is 1. The first-order chi connectivity index (χ1) is 8.09. The van der Waals surface area contributed by atoms with Gasteiger partial charge in [-0.25, -0.2) is 4.79 Å². The van der Waals surface area contributed by atoms with Gasteiger partial charge >= 0.3 is 5.97 Å². The molecule has 2 rings (SSSR count). The van der Waals surface area contributed by atoms with E-state index in [-0.39, 0.29) is 30.8 Å². The lowest BCUT2D eigenvalue weighted by atomic mass is 10.0. The van der Waals surface area contributed by atoms with Crippen LogP contribution in [-0.2, 0) is 19.1 Å². The summed E-state index contributed by atoms with van der Waals surface area (Å²) in [6, 6.07) is -0.971. The standard InChI is InChI=1S/C10H14N2O5/c13-8-4-12(7(3-11-8)10(15)16)9(14)6-1-2-17-5-6/h6-7H,1-5H2,(H,11,13)(H,15,16). The highest BCUT2D eigenvalue weighted by Crippen LogP contribution is 2.18. The van der Waals surface area contributed by atoms with Crippen molar-refractivity contribution in [3.63, 3.8) is 0 Å². The summed E-state index contributed by atoms with van der Waals surface area (Å²) in [7, 11) is 0. The molecule has 94 valence electrons. The van der Waals surface area contributed by atoms with Gasteiger partial charge in [0, 0.05) is 13.2 Å². The van der Waals surface area contributed by atoms with Crippen molar-refractivity contribution in [3.05, 3.63) is 0 Å². The second kappa shape index (κ2) is 4.70. The topological polar surface area (TPSA) is 95.9 Å². The number of aliphatic carboxylic acids is 1. The zero-order valence-electron chi connectivity index (χ0n) is 9.22. The molecule has 0 aromatic carbocycles. The quantitative estimate of drug-likeness (QED) is 0.610. The van der Waals surface area contributed by atoms with Gasteiger partial charge < -0.3 is 20.1 Å². The SMILES string of the molecule is O=C1CN(C(=O)C2CCOC2)C(C(=O)O)CN1. The van der Waals surface area contributed by atoms with E-state index in [0.717, 1.165) is 4.90 Å². The van der Waals surface area contributed by atoms with Gasteiger partial charge in [-0.3, -0.25) is 9.59 Å². The number of piperazine rings is 1. The van der Waals surface area contributed by atoms with Gasteiger partial charge in [-0.15, -0.1) is 0 Å². The van der Waals surface area contributed by atoms with E-state index in [1.54, 1.807) is 0 Å². The summed E-state index contributed by atoms with van der Waals surface area (Å²) >= 11 is 0. The molecule has 2 unspecified atom stereocenters. The molecule has 2 atom stereocenters. The van der Waals surface area contributed by atoms with Gasteiger partial charge in [0.25, 0.3) is 0 Å². The summed E-state index contributed by atoms with van der Waals surface area (Å²) in [6.45, 7) is 0.595. The van der Waals surface area contributed by atoms with Crippen LogP contribution >= 0.6 is 0 Å². The summed E-state index contributed by atoms with van der Waals surface area (Å²) in [6.07, 6.45) is 0.587. The highest BCUT2D eigenvalue weighted by molar-refractivity contribution is 5.92. The Morgan fingerprint density at radius 3 is 2.82 bits per heavy atom. The van der Waals surface area contributed by atoms with Gasteiger partial charge in [-0.2, -0.15) is 0 Å². The maximum Gasteiger partial charge on any atom is 0.328 e. The average molecular weight is 242 g/mol. The van der Waals surface area contributed by atoms with Crippen LogP contribution in [0, 0.1) is 5.92 Å². The number of hydrogen-bond acceptors (Lipinski definition) is 4. The van der Waals surface area contributed by atoms with Crippen LogP contribution in [0.25, 0.3) is 0 Å². The summed E-state index contributed by atoms with van der Waals surface area (Å²) in [5.41, 5.74) is 0. The van der Waals surface area contributed by atoms with Crippen molar-refractivity contribution in [2.45, 2.75) is 12.5 Å². The van der Waals surface area contributed by atoms with Crippen LogP contribution in [0.2, 0.25) is 0 Å². The maximum absolute atomic E-state index is 12.1. The molecule has 7 heteroatoms. The number of carbonyl (C=O) groups is 3.